The molecule has 0 aromatic rings. The standard InChI is InChI=1S/C7H16.C3H8O.C2H4O2/c1-3-5-7-6-4-2;1-3(2)4;1-2(3)4/h3-7H2,1-2H3;3-4H,1-2H3;1H3,(H,3,4). The first kappa shape index (κ1) is 19.9. The lowest BCUT2D eigenvalue weighted by molar-refractivity contribution is -0.134. The van der Waals surface area contributed by atoms with Crippen LogP contribution in [0.25, 0.3) is 0 Å². The maximum absolute atomic E-state index is 9.00. The molecule has 94 valence electrons. The molecule has 0 heterocycles. The van der Waals surface area contributed by atoms with Gasteiger partial charge in [0.05, 0.1) is 0 Å². The fraction of sp³-hybridized carbons (Fsp3) is 0.917. The second-order valence-corrected chi connectivity index (χ2v) is 3.67. The summed E-state index contributed by atoms with van der Waals surface area (Å²) in [5.74, 6) is -0.833. The van der Waals surface area contributed by atoms with Crippen LogP contribution in [0, 0.1) is 0 Å². The quantitative estimate of drug-likeness (QED) is 0.713. The lowest BCUT2D eigenvalue weighted by Gasteiger charge is -1.90. The molecule has 3 heteroatoms. The van der Waals surface area contributed by atoms with Crippen LogP contribution in [0.4, 0.5) is 0 Å². The fourth-order valence-corrected chi connectivity index (χ4v) is 0.677. The highest BCUT2D eigenvalue weighted by atomic mass is 16.4. The maximum atomic E-state index is 9.00. The predicted octanol–water partition coefficient (Wildman–Crippen LogP) is 3.45. The number of carbonyl (C=O) groups is 1. The second kappa shape index (κ2) is 19.1. The summed E-state index contributed by atoms with van der Waals surface area (Å²) in [6, 6.07) is 0. The van der Waals surface area contributed by atoms with E-state index in [9.17, 15) is 0 Å². The number of rotatable bonds is 4. The third-order valence-electron chi connectivity index (χ3n) is 1.21. The van der Waals surface area contributed by atoms with E-state index in [-0.39, 0.29) is 6.10 Å². The maximum Gasteiger partial charge on any atom is 0.300 e. The van der Waals surface area contributed by atoms with Gasteiger partial charge in [-0.25, -0.2) is 0 Å². The van der Waals surface area contributed by atoms with Crippen molar-refractivity contribution < 1.29 is 15.0 Å². The fourth-order valence-electron chi connectivity index (χ4n) is 0.677. The lowest BCUT2D eigenvalue weighted by Crippen LogP contribution is -1.85. The molecule has 0 amide bonds. The zero-order valence-corrected chi connectivity index (χ0v) is 10.9. The summed E-state index contributed by atoms with van der Waals surface area (Å²) in [5.41, 5.74) is 0. The Morgan fingerprint density at radius 1 is 1.07 bits per heavy atom. The highest BCUT2D eigenvalue weighted by molar-refractivity contribution is 5.62. The zero-order chi connectivity index (χ0) is 12.7. The normalized spacial score (nSPS) is 8.47. The molecule has 0 radical (unpaired) electrons. The Hall–Kier alpha value is -0.570. The predicted molar refractivity (Wildman–Crippen MR) is 65.1 cm³/mol. The average Bonchev–Trinajstić information content (AvgIpc) is 2.03. The first-order valence-corrected chi connectivity index (χ1v) is 5.75. The van der Waals surface area contributed by atoms with Gasteiger partial charge >= 0.3 is 0 Å². The molecule has 0 aromatic heterocycles. The number of unbranched alkanes of at least 4 members (excludes halogenated alkanes) is 4. The van der Waals surface area contributed by atoms with Gasteiger partial charge in [-0.05, 0) is 13.8 Å². The van der Waals surface area contributed by atoms with Crippen molar-refractivity contribution in [3.05, 3.63) is 0 Å². The highest BCUT2D eigenvalue weighted by Crippen LogP contribution is 2.00. The summed E-state index contributed by atoms with van der Waals surface area (Å²) in [6.07, 6.45) is 6.84. The van der Waals surface area contributed by atoms with Crippen LogP contribution in [-0.2, 0) is 4.79 Å². The molecule has 0 aliphatic heterocycles. The van der Waals surface area contributed by atoms with Crippen LogP contribution in [0.15, 0.2) is 0 Å². The number of aliphatic carboxylic acids is 1. The third-order valence-corrected chi connectivity index (χ3v) is 1.21. The van der Waals surface area contributed by atoms with Crippen molar-refractivity contribution in [2.75, 3.05) is 0 Å². The van der Waals surface area contributed by atoms with Gasteiger partial charge in [0, 0.05) is 13.0 Å². The molecule has 0 bridgehead atoms. The summed E-state index contributed by atoms with van der Waals surface area (Å²) in [5, 5.41) is 15.5. The Morgan fingerprint density at radius 3 is 1.40 bits per heavy atom. The molecule has 0 saturated carbocycles. The van der Waals surface area contributed by atoms with Crippen LogP contribution in [-0.4, -0.2) is 22.3 Å². The van der Waals surface area contributed by atoms with Gasteiger partial charge in [-0.1, -0.05) is 46.0 Å². The summed E-state index contributed by atoms with van der Waals surface area (Å²) in [7, 11) is 0. The Morgan fingerprint density at radius 2 is 1.27 bits per heavy atom. The second-order valence-electron chi connectivity index (χ2n) is 3.67. The number of aliphatic hydroxyl groups is 1. The van der Waals surface area contributed by atoms with Crippen LogP contribution in [0.3, 0.4) is 0 Å². The van der Waals surface area contributed by atoms with E-state index in [4.69, 9.17) is 15.0 Å². The van der Waals surface area contributed by atoms with E-state index >= 15 is 0 Å². The molecule has 0 aromatic carbocycles. The topological polar surface area (TPSA) is 57.5 Å². The molecule has 0 fully saturated rings. The van der Waals surface area contributed by atoms with Crippen molar-refractivity contribution in [1.29, 1.82) is 0 Å². The first-order valence-electron chi connectivity index (χ1n) is 5.75. The Balaban J connectivity index is -0.000000155. The van der Waals surface area contributed by atoms with Gasteiger partial charge in [0.25, 0.3) is 5.97 Å². The van der Waals surface area contributed by atoms with Crippen LogP contribution in [0.5, 0.6) is 0 Å². The number of aliphatic hydroxyl groups excluding tert-OH is 1. The van der Waals surface area contributed by atoms with E-state index in [1.54, 1.807) is 13.8 Å². The molecule has 15 heavy (non-hydrogen) atoms. The van der Waals surface area contributed by atoms with Crippen molar-refractivity contribution in [3.63, 3.8) is 0 Å². The van der Waals surface area contributed by atoms with E-state index in [0.29, 0.717) is 0 Å². The minimum Gasteiger partial charge on any atom is -0.481 e. The highest BCUT2D eigenvalue weighted by Gasteiger charge is 1.80. The van der Waals surface area contributed by atoms with Gasteiger partial charge in [-0.15, -0.1) is 0 Å². The van der Waals surface area contributed by atoms with Crippen molar-refractivity contribution in [2.24, 2.45) is 0 Å². The van der Waals surface area contributed by atoms with Gasteiger partial charge in [-0.3, -0.25) is 4.79 Å². The van der Waals surface area contributed by atoms with Gasteiger partial charge < -0.3 is 10.2 Å². The number of carboxylic acids is 1. The molecular weight excluding hydrogens is 192 g/mol. The van der Waals surface area contributed by atoms with Crippen LogP contribution >= 0.6 is 0 Å². The van der Waals surface area contributed by atoms with E-state index in [0.717, 1.165) is 6.92 Å². The minimum absolute atomic E-state index is 0.167. The lowest BCUT2D eigenvalue weighted by atomic mass is 10.2. The van der Waals surface area contributed by atoms with Crippen molar-refractivity contribution in [3.8, 4) is 0 Å². The molecule has 0 aliphatic carbocycles. The first-order chi connectivity index (χ1) is 6.88. The molecule has 0 saturated heterocycles. The summed E-state index contributed by atoms with van der Waals surface area (Å²) in [6.45, 7) is 9.02. The van der Waals surface area contributed by atoms with E-state index in [1.165, 1.54) is 32.1 Å². The molecule has 2 N–H and O–H groups in total. The Labute approximate surface area is 94.5 Å². The molecular formula is C12H28O3. The number of carboxylic acid groups (broad SMARTS) is 1. The van der Waals surface area contributed by atoms with Crippen molar-refractivity contribution in [1.82, 2.24) is 0 Å². The monoisotopic (exact) mass is 220 g/mol. The SMILES string of the molecule is CC(=O)O.CC(C)O.CCCCCCC. The van der Waals surface area contributed by atoms with Gasteiger partial charge in [0.2, 0.25) is 0 Å². The minimum atomic E-state index is -0.833. The Bertz CT molecular complexity index is 101. The van der Waals surface area contributed by atoms with Gasteiger partial charge in [0.15, 0.2) is 0 Å². The smallest absolute Gasteiger partial charge is 0.300 e. The zero-order valence-electron chi connectivity index (χ0n) is 10.9. The average molecular weight is 220 g/mol. The summed E-state index contributed by atoms with van der Waals surface area (Å²) < 4.78 is 0. The van der Waals surface area contributed by atoms with Crippen LogP contribution < -0.4 is 0 Å². The van der Waals surface area contributed by atoms with Gasteiger partial charge in [0.1, 0.15) is 0 Å². The molecule has 0 spiro atoms. The van der Waals surface area contributed by atoms with Crippen LogP contribution in [0.1, 0.15) is 66.7 Å². The van der Waals surface area contributed by atoms with E-state index < -0.39 is 5.97 Å². The van der Waals surface area contributed by atoms with E-state index in [1.807, 2.05) is 0 Å². The van der Waals surface area contributed by atoms with Crippen molar-refractivity contribution in [2.45, 2.75) is 72.8 Å². The van der Waals surface area contributed by atoms with Crippen LogP contribution in [0.2, 0.25) is 0 Å². The largest absolute Gasteiger partial charge is 0.481 e. The Kier molecular flexibility index (Phi) is 25.3. The van der Waals surface area contributed by atoms with Gasteiger partial charge in [-0.2, -0.15) is 0 Å². The molecule has 0 unspecified atom stereocenters. The van der Waals surface area contributed by atoms with Crippen molar-refractivity contribution >= 4 is 5.97 Å². The molecule has 0 aliphatic rings. The molecule has 0 rings (SSSR count). The summed E-state index contributed by atoms with van der Waals surface area (Å²) >= 11 is 0. The number of hydrogen-bond donors (Lipinski definition) is 2. The summed E-state index contributed by atoms with van der Waals surface area (Å²) in [4.78, 5) is 9.00. The molecule has 3 nitrogen and oxygen atoms in total. The van der Waals surface area contributed by atoms with E-state index in [2.05, 4.69) is 13.8 Å². The molecule has 0 atom stereocenters. The third kappa shape index (κ3) is 149. The number of hydrogen-bond acceptors (Lipinski definition) is 2.